The third-order valence-corrected chi connectivity index (χ3v) is 13.4. The average molecular weight is 1190 g/mol. The molecule has 10 amide bonds. The maximum absolute atomic E-state index is 14.0. The Balaban J connectivity index is 1.14. The number of amides is 10. The Morgan fingerprint density at radius 3 is 1.15 bits per heavy atom. The first-order chi connectivity index (χ1) is 40.3. The molecule has 0 aliphatic rings. The molecule has 6 rings (SSSR count). The van der Waals surface area contributed by atoms with Crippen molar-refractivity contribution in [3.8, 4) is 0 Å². The van der Waals surface area contributed by atoms with Crippen LogP contribution in [0.15, 0.2) is 73.6 Å². The van der Waals surface area contributed by atoms with E-state index in [4.69, 9.17) is 0 Å². The average Bonchev–Trinajstić information content (AvgIpc) is 4.50. The first-order valence-electron chi connectivity index (χ1n) is 27.2. The lowest BCUT2D eigenvalue weighted by Gasteiger charge is -2.17. The van der Waals surface area contributed by atoms with E-state index in [1.807, 2.05) is 38.0 Å². The highest BCUT2D eigenvalue weighted by molar-refractivity contribution is 7.80. The molecule has 0 radical (unpaired) electrons. The summed E-state index contributed by atoms with van der Waals surface area (Å²) >= 11 is 4.35. The smallest absolute Gasteiger partial charge is 0.272 e. The molecule has 0 saturated heterocycles. The summed E-state index contributed by atoms with van der Waals surface area (Å²) in [6, 6.07) is 7.71. The summed E-state index contributed by atoms with van der Waals surface area (Å²) in [5, 5.41) is 27.7. The number of carbonyl (C=O) groups is 10. The third kappa shape index (κ3) is 18.6. The number of nitrogens with one attached hydrogen (secondary N) is 10. The Kier molecular flexibility index (Phi) is 22.7. The molecule has 0 bridgehead atoms. The topological polar surface area (TPSA) is 327 Å². The lowest BCUT2D eigenvalue weighted by molar-refractivity contribution is -0.128. The number of anilines is 6. The van der Waals surface area contributed by atoms with Crippen molar-refractivity contribution in [1.29, 1.82) is 0 Å². The Morgan fingerprint density at radius 2 is 0.765 bits per heavy atom. The molecule has 456 valence electrons. The molecule has 10 N–H and O–H groups in total. The van der Waals surface area contributed by atoms with Gasteiger partial charge in [0.2, 0.25) is 23.6 Å². The fourth-order valence-corrected chi connectivity index (χ4v) is 9.28. The van der Waals surface area contributed by atoms with Gasteiger partial charge in [-0.2, -0.15) is 12.6 Å². The van der Waals surface area contributed by atoms with Crippen LogP contribution in [0.2, 0.25) is 0 Å². The van der Waals surface area contributed by atoms with E-state index in [-0.39, 0.29) is 94.4 Å². The van der Waals surface area contributed by atoms with Crippen LogP contribution in [0.4, 0.5) is 34.1 Å². The number of thiol groups is 1. The second kappa shape index (κ2) is 29.8. The fourth-order valence-electron chi connectivity index (χ4n) is 9.02. The minimum Gasteiger partial charge on any atom is -0.354 e. The molecule has 0 aliphatic carbocycles. The van der Waals surface area contributed by atoms with Gasteiger partial charge in [-0.15, -0.1) is 0 Å². The molecule has 0 aromatic carbocycles. The van der Waals surface area contributed by atoms with Crippen molar-refractivity contribution >= 4 is 106 Å². The highest BCUT2D eigenvalue weighted by Crippen LogP contribution is 2.23. The second-order valence-corrected chi connectivity index (χ2v) is 21.3. The minimum atomic E-state index is -1.16. The van der Waals surface area contributed by atoms with E-state index in [1.165, 1.54) is 64.1 Å². The van der Waals surface area contributed by atoms with Crippen LogP contribution in [0.3, 0.4) is 0 Å². The first kappa shape index (κ1) is 64.8. The van der Waals surface area contributed by atoms with Gasteiger partial charge in [-0.1, -0.05) is 0 Å². The summed E-state index contributed by atoms with van der Waals surface area (Å²) in [7, 11) is 14.3. The van der Waals surface area contributed by atoms with Crippen LogP contribution in [-0.2, 0) is 60.5 Å². The number of carbonyl (C=O) groups excluding carboxylic acids is 10. The van der Waals surface area contributed by atoms with Gasteiger partial charge in [0.1, 0.15) is 46.8 Å². The van der Waals surface area contributed by atoms with Gasteiger partial charge in [0.25, 0.3) is 35.4 Å². The highest BCUT2D eigenvalue weighted by Gasteiger charge is 2.25. The quantitative estimate of drug-likeness (QED) is 0.0239. The van der Waals surface area contributed by atoms with E-state index < -0.39 is 48.0 Å². The fraction of sp³-hybridized carbons (Fsp3) is 0.393. The van der Waals surface area contributed by atoms with Gasteiger partial charge < -0.3 is 90.4 Å². The van der Waals surface area contributed by atoms with Crippen molar-refractivity contribution in [2.24, 2.45) is 28.2 Å². The van der Waals surface area contributed by atoms with Gasteiger partial charge in [0, 0.05) is 111 Å². The minimum absolute atomic E-state index is 0.0542. The Bertz CT molecular complexity index is 3450. The van der Waals surface area contributed by atoms with Crippen LogP contribution in [0.1, 0.15) is 96.0 Å². The number of hydrogen-bond donors (Lipinski definition) is 11. The molecule has 0 saturated carbocycles. The zero-order chi connectivity index (χ0) is 62.2. The Hall–Kier alpha value is -9.35. The van der Waals surface area contributed by atoms with E-state index >= 15 is 0 Å². The molecule has 1 atom stereocenters. The summed E-state index contributed by atoms with van der Waals surface area (Å²) in [5.74, 6) is -5.12. The number of aromatic nitrogens is 6. The molecule has 6 aromatic heterocycles. The standard InChI is InChI=1S/C56H76N18O10S/c1-34(75)60-36-20-45(71(9)26-36)53(81)64-40-24-47(55(83)62-38-22-43(69(7)28-38)51(79)58-14-11-17-67(3)4)73(30-40)19-13-16-57-50(78)42(33-85)66-49(77)32-74-31-41(65-54(82)46-21-37(27-72(46)10)61-35(2)76)25-48(74)56(84)63-39-23-44(70(8)29-39)52(80)59-15-12-18-68(5)6/h20-31,42,85H,11-19,32-33H2,1-10H3,(H,57,78)(H,58,79)(H,59,80)(H,60,75)(H,61,76)(H,62,83)(H,63,84)(H,64,81)(H,65,82)(H,66,77)/t42-/m0/s1. The summed E-state index contributed by atoms with van der Waals surface area (Å²) in [6.45, 7) is 4.83. The Morgan fingerprint density at radius 1 is 0.435 bits per heavy atom. The molecule has 85 heavy (non-hydrogen) atoms. The predicted molar refractivity (Wildman–Crippen MR) is 325 cm³/mol. The summed E-state index contributed by atoms with van der Waals surface area (Å²) in [5.41, 5.74) is 2.85. The molecule has 0 unspecified atom stereocenters. The summed E-state index contributed by atoms with van der Waals surface area (Å²) < 4.78 is 9.07. The van der Waals surface area contributed by atoms with Crippen molar-refractivity contribution in [3.05, 3.63) is 108 Å². The molecular weight excluding hydrogens is 1120 g/mol. The number of aryl methyl sites for hydroxylation is 5. The zero-order valence-electron chi connectivity index (χ0n) is 49.4. The zero-order valence-corrected chi connectivity index (χ0v) is 50.3. The van der Waals surface area contributed by atoms with E-state index in [1.54, 1.807) is 78.9 Å². The van der Waals surface area contributed by atoms with Crippen molar-refractivity contribution in [2.75, 3.05) is 98.6 Å². The molecule has 0 spiro atoms. The molecule has 28 nitrogen and oxygen atoms in total. The molecule has 0 fully saturated rings. The van der Waals surface area contributed by atoms with Crippen LogP contribution in [0.25, 0.3) is 0 Å². The maximum atomic E-state index is 14.0. The van der Waals surface area contributed by atoms with Gasteiger partial charge in [-0.3, -0.25) is 47.9 Å². The monoisotopic (exact) mass is 1190 g/mol. The van der Waals surface area contributed by atoms with Crippen LogP contribution in [0, 0.1) is 0 Å². The van der Waals surface area contributed by atoms with Crippen LogP contribution >= 0.6 is 12.6 Å². The SMILES string of the molecule is CC(=O)Nc1cc(C(=O)Nc2cc(C(=O)Nc3cc(C(=O)NCCCN(C)C)n(C)c3)n(CCCNC(=O)[C@H](CS)NC(=O)Cn3cc(NC(=O)c4cc(NC(C)=O)cn4C)cc3C(=O)Nc3cc(C(=O)NCCCN(C)C)n(C)c3)c2)n(C)c1. The highest BCUT2D eigenvalue weighted by atomic mass is 32.1. The van der Waals surface area contributed by atoms with Crippen molar-refractivity contribution < 1.29 is 47.9 Å². The van der Waals surface area contributed by atoms with Crippen LogP contribution < -0.4 is 53.2 Å². The van der Waals surface area contributed by atoms with Gasteiger partial charge in [-0.25, -0.2) is 0 Å². The molecule has 6 heterocycles. The first-order valence-corrected chi connectivity index (χ1v) is 27.8. The van der Waals surface area contributed by atoms with Crippen LogP contribution in [-0.4, -0.2) is 169 Å². The second-order valence-electron chi connectivity index (χ2n) is 20.9. The Labute approximate surface area is 497 Å². The van der Waals surface area contributed by atoms with Crippen LogP contribution in [0.5, 0.6) is 0 Å². The van der Waals surface area contributed by atoms with E-state index in [2.05, 4.69) is 65.8 Å². The summed E-state index contributed by atoms with van der Waals surface area (Å²) in [4.78, 5) is 136. The predicted octanol–water partition coefficient (Wildman–Crippen LogP) is 2.55. The van der Waals surface area contributed by atoms with Gasteiger partial charge in [0.05, 0.1) is 34.1 Å². The maximum Gasteiger partial charge on any atom is 0.272 e. The molecular formula is C56H76N18O10S. The van der Waals surface area contributed by atoms with Crippen molar-refractivity contribution in [1.82, 2.24) is 58.5 Å². The number of rotatable bonds is 29. The largest absolute Gasteiger partial charge is 0.354 e. The molecule has 0 aliphatic heterocycles. The van der Waals surface area contributed by atoms with E-state index in [9.17, 15) is 47.9 Å². The molecule has 6 aromatic rings. The lowest BCUT2D eigenvalue weighted by Crippen LogP contribution is -2.49. The van der Waals surface area contributed by atoms with E-state index in [0.717, 1.165) is 25.9 Å². The number of nitrogens with zero attached hydrogens (tertiary/aromatic N) is 8. The van der Waals surface area contributed by atoms with Gasteiger partial charge >= 0.3 is 0 Å². The van der Waals surface area contributed by atoms with Gasteiger partial charge in [-0.05, 0) is 96.9 Å². The summed E-state index contributed by atoms with van der Waals surface area (Å²) in [6.07, 6.45) is 10.9. The third-order valence-electron chi connectivity index (χ3n) is 13.0. The molecule has 29 heteroatoms. The van der Waals surface area contributed by atoms with E-state index in [0.29, 0.717) is 35.8 Å². The normalized spacial score (nSPS) is 11.4. The number of hydrogen-bond acceptors (Lipinski definition) is 13. The lowest BCUT2D eigenvalue weighted by atomic mass is 10.3. The van der Waals surface area contributed by atoms with Gasteiger partial charge in [0.15, 0.2) is 0 Å². The van der Waals surface area contributed by atoms with Crippen molar-refractivity contribution in [2.45, 2.75) is 52.2 Å². The van der Waals surface area contributed by atoms with Crippen molar-refractivity contribution in [3.63, 3.8) is 0 Å².